The van der Waals surface area contributed by atoms with Gasteiger partial charge in [-0.1, -0.05) is 18.2 Å². The van der Waals surface area contributed by atoms with Crippen LogP contribution in [-0.4, -0.2) is 58.5 Å². The summed E-state index contributed by atoms with van der Waals surface area (Å²) in [5, 5.41) is 17.3. The summed E-state index contributed by atoms with van der Waals surface area (Å²) in [5.74, 6) is 0.626. The molecule has 1 amide bonds. The summed E-state index contributed by atoms with van der Waals surface area (Å²) < 4.78 is 25.2. The van der Waals surface area contributed by atoms with Gasteiger partial charge in [0.05, 0.1) is 18.9 Å². The third kappa shape index (κ3) is 4.69. The highest BCUT2D eigenvalue weighted by Gasteiger charge is 2.29. The minimum Gasteiger partial charge on any atom is -0.497 e. The summed E-state index contributed by atoms with van der Waals surface area (Å²) in [7, 11) is 1.58. The number of methoxy groups -OCH3 is 1. The topological polar surface area (TPSA) is 87.7 Å². The number of aliphatic hydroxyl groups is 1. The average Bonchev–Trinajstić information content (AvgIpc) is 3.20. The van der Waals surface area contributed by atoms with Crippen LogP contribution < -0.4 is 9.47 Å². The van der Waals surface area contributed by atoms with Crippen molar-refractivity contribution in [2.24, 2.45) is 0 Å². The van der Waals surface area contributed by atoms with Gasteiger partial charge in [-0.15, -0.1) is 0 Å². The summed E-state index contributed by atoms with van der Waals surface area (Å²) in [6.45, 7) is 0.796. The molecule has 2 atom stereocenters. The minimum absolute atomic E-state index is 0.246. The number of nitrogens with zero attached hydrogens (tertiary/aromatic N) is 2. The molecular weight excluding hydrogens is 401 g/mol. The van der Waals surface area contributed by atoms with Crippen LogP contribution in [0.2, 0.25) is 0 Å². The highest BCUT2D eigenvalue weighted by molar-refractivity contribution is 5.93. The first-order valence-corrected chi connectivity index (χ1v) is 10.1. The van der Waals surface area contributed by atoms with Crippen LogP contribution in [0.3, 0.4) is 0 Å². The summed E-state index contributed by atoms with van der Waals surface area (Å²) in [6.07, 6.45) is -0.298. The normalized spacial score (nSPS) is 19.0. The molecule has 31 heavy (non-hydrogen) atoms. The summed E-state index contributed by atoms with van der Waals surface area (Å²) in [5.41, 5.74) is 0.978. The van der Waals surface area contributed by atoms with Crippen LogP contribution in [0.15, 0.2) is 54.6 Å². The van der Waals surface area contributed by atoms with Gasteiger partial charge >= 0.3 is 0 Å². The van der Waals surface area contributed by atoms with E-state index in [1.165, 1.54) is 6.07 Å². The molecular formula is C23H24FN3O4. The van der Waals surface area contributed by atoms with Crippen molar-refractivity contribution in [2.75, 3.05) is 20.2 Å². The van der Waals surface area contributed by atoms with Gasteiger partial charge in [0.25, 0.3) is 5.91 Å². The van der Waals surface area contributed by atoms with E-state index in [9.17, 15) is 14.3 Å². The summed E-state index contributed by atoms with van der Waals surface area (Å²) in [4.78, 5) is 14.6. The monoisotopic (exact) mass is 425 g/mol. The second kappa shape index (κ2) is 9.18. The largest absolute Gasteiger partial charge is 0.497 e. The zero-order valence-corrected chi connectivity index (χ0v) is 17.1. The predicted octanol–water partition coefficient (Wildman–Crippen LogP) is 3.27. The molecule has 1 aliphatic heterocycles. The second-order valence-electron chi connectivity index (χ2n) is 7.42. The number of aliphatic hydroxyl groups excluding tert-OH is 1. The molecule has 3 aromatic rings. The number of H-pyrrole nitrogens is 1. The Morgan fingerprint density at radius 3 is 2.71 bits per heavy atom. The van der Waals surface area contributed by atoms with Crippen molar-refractivity contribution in [2.45, 2.75) is 25.0 Å². The van der Waals surface area contributed by atoms with Gasteiger partial charge in [-0.25, -0.2) is 4.39 Å². The lowest BCUT2D eigenvalue weighted by molar-refractivity contribution is 0.0349. The molecule has 2 aromatic carbocycles. The number of aromatic nitrogens is 2. The van der Waals surface area contributed by atoms with Crippen LogP contribution in [0.4, 0.5) is 4.39 Å². The Morgan fingerprint density at radius 1 is 1.13 bits per heavy atom. The molecule has 1 saturated heterocycles. The van der Waals surface area contributed by atoms with Crippen molar-refractivity contribution < 1.29 is 23.8 Å². The van der Waals surface area contributed by atoms with Crippen LogP contribution in [0, 0.1) is 5.82 Å². The maximum Gasteiger partial charge on any atom is 0.271 e. The maximum atomic E-state index is 14.0. The van der Waals surface area contributed by atoms with Gasteiger partial charge in [0.1, 0.15) is 29.1 Å². The van der Waals surface area contributed by atoms with Crippen molar-refractivity contribution >= 4 is 5.91 Å². The molecule has 7 nitrogen and oxygen atoms in total. The van der Waals surface area contributed by atoms with E-state index in [1.807, 2.05) is 12.1 Å². The Bertz CT molecular complexity index is 1050. The van der Waals surface area contributed by atoms with Crippen LogP contribution in [0.25, 0.3) is 11.3 Å². The van der Waals surface area contributed by atoms with Crippen LogP contribution >= 0.6 is 0 Å². The molecule has 0 saturated carbocycles. The lowest BCUT2D eigenvalue weighted by Gasteiger charge is -2.22. The van der Waals surface area contributed by atoms with E-state index in [2.05, 4.69) is 10.2 Å². The Morgan fingerprint density at radius 2 is 1.90 bits per heavy atom. The first-order chi connectivity index (χ1) is 15.0. The average molecular weight is 425 g/mol. The number of aromatic amines is 1. The molecule has 1 fully saturated rings. The van der Waals surface area contributed by atoms with E-state index >= 15 is 0 Å². The highest BCUT2D eigenvalue weighted by atomic mass is 19.1. The Labute approximate surface area is 179 Å². The van der Waals surface area contributed by atoms with Crippen LogP contribution in [-0.2, 0) is 0 Å². The maximum absolute atomic E-state index is 14.0. The molecule has 1 aromatic heterocycles. The molecule has 8 heteroatoms. The third-order valence-electron chi connectivity index (χ3n) is 5.38. The molecule has 4 rings (SSSR count). The summed E-state index contributed by atoms with van der Waals surface area (Å²) in [6, 6.07) is 15.0. The second-order valence-corrected chi connectivity index (χ2v) is 7.42. The molecule has 2 heterocycles. The molecule has 0 aliphatic carbocycles. The lowest BCUT2D eigenvalue weighted by atomic mass is 10.1. The number of amides is 1. The van der Waals surface area contributed by atoms with Gasteiger partial charge in [-0.2, -0.15) is 5.10 Å². The fourth-order valence-corrected chi connectivity index (χ4v) is 3.66. The number of carbonyl (C=O) groups is 1. The molecule has 162 valence electrons. The van der Waals surface area contributed by atoms with E-state index in [-0.39, 0.29) is 11.6 Å². The van der Waals surface area contributed by atoms with E-state index in [0.29, 0.717) is 48.7 Å². The van der Waals surface area contributed by atoms with Crippen molar-refractivity contribution in [1.29, 1.82) is 0 Å². The Hall–Kier alpha value is -3.39. The molecule has 0 radical (unpaired) electrons. The van der Waals surface area contributed by atoms with E-state index in [1.54, 1.807) is 48.4 Å². The van der Waals surface area contributed by atoms with E-state index in [0.717, 1.165) is 0 Å². The van der Waals surface area contributed by atoms with Crippen LogP contribution in [0.1, 0.15) is 23.3 Å². The minimum atomic E-state index is -0.709. The van der Waals surface area contributed by atoms with E-state index < -0.39 is 18.0 Å². The Balaban J connectivity index is 1.43. The lowest BCUT2D eigenvalue weighted by Crippen LogP contribution is -2.32. The number of rotatable bonds is 5. The zero-order valence-electron chi connectivity index (χ0n) is 17.1. The third-order valence-corrected chi connectivity index (χ3v) is 5.38. The first kappa shape index (κ1) is 20.9. The van der Waals surface area contributed by atoms with Gasteiger partial charge in [0.2, 0.25) is 0 Å². The number of likely N-dealkylation sites (tertiary alicyclic amines) is 1. The van der Waals surface area contributed by atoms with Gasteiger partial charge in [0.15, 0.2) is 0 Å². The van der Waals surface area contributed by atoms with Gasteiger partial charge in [0, 0.05) is 31.1 Å². The smallest absolute Gasteiger partial charge is 0.271 e. The standard InChI is InChI=1S/C23H24FN3O4/c1-30-15-5-4-6-16(13-15)31-22-10-12-27(11-9-21(22)28)23(29)20-14-19(25-26-20)17-7-2-3-8-18(17)24/h2-8,13-14,21-22,28H,9-12H2,1H3,(H,25,26)/t21-,22-/m0/s1. The number of halogens is 1. The van der Waals surface area contributed by atoms with Crippen molar-refractivity contribution in [1.82, 2.24) is 15.1 Å². The van der Waals surface area contributed by atoms with Crippen molar-refractivity contribution in [3.63, 3.8) is 0 Å². The fraction of sp³-hybridized carbons (Fsp3) is 0.304. The highest BCUT2D eigenvalue weighted by Crippen LogP contribution is 2.25. The predicted molar refractivity (Wildman–Crippen MR) is 113 cm³/mol. The Kier molecular flexibility index (Phi) is 6.18. The molecule has 0 spiro atoms. The number of benzene rings is 2. The molecule has 2 N–H and O–H groups in total. The summed E-state index contributed by atoms with van der Waals surface area (Å²) >= 11 is 0. The van der Waals surface area contributed by atoms with Crippen molar-refractivity contribution in [3.05, 3.63) is 66.1 Å². The first-order valence-electron chi connectivity index (χ1n) is 10.1. The quantitative estimate of drug-likeness (QED) is 0.655. The van der Waals surface area contributed by atoms with Crippen molar-refractivity contribution in [3.8, 4) is 22.8 Å². The van der Waals surface area contributed by atoms with E-state index in [4.69, 9.17) is 9.47 Å². The number of hydrogen-bond donors (Lipinski definition) is 2. The zero-order chi connectivity index (χ0) is 21.8. The fourth-order valence-electron chi connectivity index (χ4n) is 3.66. The SMILES string of the molecule is COc1cccc(O[C@H]2CCN(C(=O)c3cc(-c4ccccc4F)n[nH]3)CC[C@@H]2O)c1. The molecule has 1 aliphatic rings. The van der Waals surface area contributed by atoms with Crippen LogP contribution in [0.5, 0.6) is 11.5 Å². The van der Waals surface area contributed by atoms with Gasteiger partial charge in [-0.05, 0) is 36.8 Å². The number of carbonyl (C=O) groups excluding carboxylic acids is 1. The number of nitrogens with one attached hydrogen (secondary N) is 1. The number of hydrogen-bond acceptors (Lipinski definition) is 5. The molecule has 0 bridgehead atoms. The molecule has 0 unspecified atom stereocenters. The van der Waals surface area contributed by atoms with Gasteiger partial charge < -0.3 is 19.5 Å². The number of ether oxygens (including phenoxy) is 2. The van der Waals surface area contributed by atoms with Gasteiger partial charge in [-0.3, -0.25) is 9.89 Å².